The number of fused-ring (bicyclic) bond motifs is 4. The molecule has 1 N–H and O–H groups in total. The summed E-state index contributed by atoms with van der Waals surface area (Å²) < 4.78 is 6.64. The van der Waals surface area contributed by atoms with Crippen LogP contribution in [0, 0.1) is 5.92 Å². The molecule has 1 amide bonds. The van der Waals surface area contributed by atoms with Crippen LogP contribution in [0.15, 0.2) is 30.5 Å². The van der Waals surface area contributed by atoms with Gasteiger partial charge in [-0.25, -0.2) is 4.79 Å². The minimum Gasteiger partial charge on any atom is -0.444 e. The van der Waals surface area contributed by atoms with E-state index in [1.807, 2.05) is 33.0 Å². The molecule has 3 aromatic rings. The number of hydrogen-bond acceptors (Lipinski definition) is 6. The molecular formula is C26H28ClN3O3S. The third-order valence-corrected chi connectivity index (χ3v) is 8.37. The van der Waals surface area contributed by atoms with Crippen molar-refractivity contribution in [2.75, 3.05) is 24.5 Å². The number of aromatic nitrogens is 1. The highest BCUT2D eigenvalue weighted by atomic mass is 35.5. The van der Waals surface area contributed by atoms with Crippen LogP contribution in [0.25, 0.3) is 21.3 Å². The fraction of sp³-hybridized carbons (Fsp3) is 0.462. The first-order chi connectivity index (χ1) is 16.2. The molecule has 1 aromatic carbocycles. The Balaban J connectivity index is 1.39. The Morgan fingerprint density at radius 2 is 2.03 bits per heavy atom. The number of nitrogens with zero attached hydrogens (tertiary/aromatic N) is 3. The van der Waals surface area contributed by atoms with E-state index in [0.717, 1.165) is 37.8 Å². The smallest absolute Gasteiger partial charge is 0.410 e. The highest BCUT2D eigenvalue weighted by Crippen LogP contribution is 2.58. The third kappa shape index (κ3) is 3.74. The van der Waals surface area contributed by atoms with Crippen LogP contribution in [-0.2, 0) is 11.3 Å². The Kier molecular flexibility index (Phi) is 5.10. The van der Waals surface area contributed by atoms with Crippen molar-refractivity contribution in [2.24, 2.45) is 5.92 Å². The van der Waals surface area contributed by atoms with Gasteiger partial charge in [-0.2, -0.15) is 0 Å². The normalized spacial score (nSPS) is 21.8. The van der Waals surface area contributed by atoms with E-state index >= 15 is 0 Å². The molecule has 6 rings (SSSR count). The summed E-state index contributed by atoms with van der Waals surface area (Å²) in [6, 6.07) is 8.46. The Bertz CT molecular complexity index is 1290. The number of ether oxygens (including phenoxy) is 1. The van der Waals surface area contributed by atoms with Gasteiger partial charge in [-0.3, -0.25) is 4.98 Å². The summed E-state index contributed by atoms with van der Waals surface area (Å²) in [6.45, 7) is 8.02. The molecule has 3 aliphatic rings. The first-order valence-corrected chi connectivity index (χ1v) is 13.0. The van der Waals surface area contributed by atoms with Crippen molar-refractivity contribution in [3.63, 3.8) is 0 Å². The average molecular weight is 498 g/mol. The molecule has 2 unspecified atom stereocenters. The van der Waals surface area contributed by atoms with E-state index in [1.165, 1.54) is 17.7 Å². The second kappa shape index (κ2) is 7.83. The maximum atomic E-state index is 12.5. The lowest BCUT2D eigenvalue weighted by Gasteiger charge is -2.48. The zero-order chi connectivity index (χ0) is 23.8. The van der Waals surface area contributed by atoms with Crippen LogP contribution in [0.5, 0.6) is 0 Å². The number of pyridine rings is 1. The summed E-state index contributed by atoms with van der Waals surface area (Å²) in [7, 11) is 0. The van der Waals surface area contributed by atoms with Gasteiger partial charge in [0.05, 0.1) is 22.9 Å². The number of aliphatic hydroxyl groups is 1. The van der Waals surface area contributed by atoms with Gasteiger partial charge in [-0.05, 0) is 68.9 Å². The zero-order valence-electron chi connectivity index (χ0n) is 19.5. The number of aliphatic hydroxyl groups excluding tert-OH is 1. The summed E-state index contributed by atoms with van der Waals surface area (Å²) in [5, 5.41) is 10.4. The van der Waals surface area contributed by atoms with Crippen molar-refractivity contribution in [1.29, 1.82) is 0 Å². The Labute approximate surface area is 208 Å². The first-order valence-electron chi connectivity index (χ1n) is 11.8. The predicted molar refractivity (Wildman–Crippen MR) is 136 cm³/mol. The van der Waals surface area contributed by atoms with Crippen LogP contribution in [0.2, 0.25) is 5.02 Å². The summed E-state index contributed by atoms with van der Waals surface area (Å²) in [6.07, 6.45) is 2.78. The van der Waals surface area contributed by atoms with Crippen LogP contribution in [0.4, 0.5) is 10.5 Å². The van der Waals surface area contributed by atoms with Crippen LogP contribution in [0.1, 0.15) is 43.6 Å². The largest absolute Gasteiger partial charge is 0.444 e. The molecule has 6 nitrogen and oxygen atoms in total. The number of anilines is 1. The van der Waals surface area contributed by atoms with Gasteiger partial charge in [-0.15, -0.1) is 11.3 Å². The third-order valence-electron chi connectivity index (χ3n) is 7.01. The van der Waals surface area contributed by atoms with E-state index in [0.29, 0.717) is 24.9 Å². The van der Waals surface area contributed by atoms with Crippen LogP contribution in [-0.4, -0.2) is 52.4 Å². The monoisotopic (exact) mass is 497 g/mol. The number of hydrogen-bond donors (Lipinski definition) is 1. The van der Waals surface area contributed by atoms with Crippen LogP contribution in [0.3, 0.4) is 0 Å². The van der Waals surface area contributed by atoms with E-state index in [9.17, 15) is 9.90 Å². The van der Waals surface area contributed by atoms with Crippen molar-refractivity contribution < 1.29 is 14.6 Å². The lowest BCUT2D eigenvalue weighted by atomic mass is 9.91. The van der Waals surface area contributed by atoms with Crippen LogP contribution >= 0.6 is 22.9 Å². The maximum Gasteiger partial charge on any atom is 0.410 e. The number of likely N-dealkylation sites (tertiary alicyclic amines) is 1. The van der Waals surface area contributed by atoms with Gasteiger partial charge < -0.3 is 19.6 Å². The second-order valence-corrected chi connectivity index (χ2v) is 12.2. The molecule has 0 radical (unpaired) electrons. The van der Waals surface area contributed by atoms with Crippen molar-refractivity contribution in [3.8, 4) is 11.1 Å². The molecule has 1 saturated heterocycles. The zero-order valence-corrected chi connectivity index (χ0v) is 21.1. The molecule has 2 aliphatic heterocycles. The molecule has 8 heteroatoms. The molecule has 2 aromatic heterocycles. The highest BCUT2D eigenvalue weighted by molar-refractivity contribution is 7.19. The van der Waals surface area contributed by atoms with E-state index in [4.69, 9.17) is 16.3 Å². The quantitative estimate of drug-likeness (QED) is 0.506. The van der Waals surface area contributed by atoms with Gasteiger partial charge in [0.25, 0.3) is 0 Å². The minimum atomic E-state index is -0.494. The number of thiophene rings is 1. The van der Waals surface area contributed by atoms with Crippen molar-refractivity contribution in [3.05, 3.63) is 45.9 Å². The number of halogens is 1. The maximum absolute atomic E-state index is 12.5. The summed E-state index contributed by atoms with van der Waals surface area (Å²) in [5.41, 5.74) is 5.17. The molecular weight excluding hydrogens is 470 g/mol. The fourth-order valence-corrected chi connectivity index (χ4v) is 6.57. The standard InChI is InChI=1S/C26H28ClN3O3S/c1-26(2,3)33-25(32)29-11-16(12-29)30-10-14-6-19(14)21-8-15(27)7-20(23(21)30)18-4-5-28-22-9-17(13-31)34-24(18)22/h4-5,7-9,14,16,19,31H,6,10-13H2,1-3H3. The van der Waals surface area contributed by atoms with Gasteiger partial charge in [0.2, 0.25) is 0 Å². The van der Waals surface area contributed by atoms with E-state index in [1.54, 1.807) is 16.2 Å². The SMILES string of the molecule is CC(C)(C)OC(=O)N1CC(N2CC3CC3c3cc(Cl)cc(-c4ccnc5cc(CO)sc45)c32)C1. The number of carbonyl (C=O) groups excluding carboxylic acids is 1. The van der Waals surface area contributed by atoms with Gasteiger partial charge >= 0.3 is 6.09 Å². The Morgan fingerprint density at radius 3 is 2.76 bits per heavy atom. The molecule has 0 bridgehead atoms. The summed E-state index contributed by atoms with van der Waals surface area (Å²) >= 11 is 8.24. The van der Waals surface area contributed by atoms with Crippen molar-refractivity contribution in [1.82, 2.24) is 9.88 Å². The van der Waals surface area contributed by atoms with Crippen LogP contribution < -0.4 is 4.90 Å². The highest BCUT2D eigenvalue weighted by Gasteiger charge is 2.49. The van der Waals surface area contributed by atoms with E-state index in [2.05, 4.69) is 28.1 Å². The van der Waals surface area contributed by atoms with Gasteiger partial charge in [0.15, 0.2) is 0 Å². The van der Waals surface area contributed by atoms with Gasteiger partial charge in [0, 0.05) is 52.5 Å². The Morgan fingerprint density at radius 1 is 1.24 bits per heavy atom. The van der Waals surface area contributed by atoms with Crippen molar-refractivity contribution >= 4 is 44.9 Å². The minimum absolute atomic E-state index is 0.00652. The lowest BCUT2D eigenvalue weighted by Crippen LogP contribution is -2.62. The molecule has 1 aliphatic carbocycles. The van der Waals surface area contributed by atoms with Gasteiger partial charge in [-0.1, -0.05) is 11.6 Å². The fourth-order valence-electron chi connectivity index (χ4n) is 5.34. The average Bonchev–Trinajstić information content (AvgIpc) is 3.39. The molecule has 1 saturated carbocycles. The Hall–Kier alpha value is -2.35. The number of carbonyl (C=O) groups is 1. The summed E-state index contributed by atoms with van der Waals surface area (Å²) in [5.74, 6) is 1.20. The number of amides is 1. The van der Waals surface area contributed by atoms with Gasteiger partial charge in [0.1, 0.15) is 5.60 Å². The molecule has 0 spiro atoms. The number of rotatable bonds is 3. The summed E-state index contributed by atoms with van der Waals surface area (Å²) in [4.78, 5) is 22.3. The van der Waals surface area contributed by atoms with Crippen molar-refractivity contribution in [2.45, 2.75) is 51.4 Å². The molecule has 4 heterocycles. The predicted octanol–water partition coefficient (Wildman–Crippen LogP) is 5.65. The molecule has 178 valence electrons. The first kappa shape index (κ1) is 22.1. The molecule has 2 atom stereocenters. The van der Waals surface area contributed by atoms with E-state index in [-0.39, 0.29) is 18.7 Å². The lowest BCUT2D eigenvalue weighted by molar-refractivity contribution is 0.00798. The topological polar surface area (TPSA) is 65.9 Å². The second-order valence-electron chi connectivity index (χ2n) is 10.6. The number of benzene rings is 1. The molecule has 34 heavy (non-hydrogen) atoms. The molecule has 2 fully saturated rings. The van der Waals surface area contributed by atoms with E-state index < -0.39 is 5.60 Å².